The number of carbonyl (C=O) groups is 1. The van der Waals surface area contributed by atoms with Gasteiger partial charge in [-0.3, -0.25) is 9.78 Å². The van der Waals surface area contributed by atoms with Crippen LogP contribution in [-0.4, -0.2) is 34.5 Å². The van der Waals surface area contributed by atoms with E-state index in [0.29, 0.717) is 19.6 Å². The molecule has 0 spiro atoms. The maximum atomic E-state index is 13.0. The zero-order chi connectivity index (χ0) is 17.6. The first kappa shape index (κ1) is 23.4. The number of rotatable bonds is 6. The van der Waals surface area contributed by atoms with Gasteiger partial charge in [-0.05, 0) is 37.5 Å². The molecule has 1 aliphatic heterocycles. The van der Waals surface area contributed by atoms with Crippen LogP contribution in [0.5, 0.6) is 0 Å². The van der Waals surface area contributed by atoms with Gasteiger partial charge in [0.2, 0.25) is 0 Å². The van der Waals surface area contributed by atoms with Crippen LogP contribution in [0, 0.1) is 6.92 Å². The van der Waals surface area contributed by atoms with Crippen molar-refractivity contribution in [2.24, 2.45) is 5.73 Å². The quantitative estimate of drug-likeness (QED) is 0.791. The van der Waals surface area contributed by atoms with Crippen molar-refractivity contribution in [1.29, 1.82) is 0 Å². The molecule has 0 bridgehead atoms. The van der Waals surface area contributed by atoms with Crippen molar-refractivity contribution in [2.45, 2.75) is 45.1 Å². The second-order valence-electron chi connectivity index (χ2n) is 6.56. The normalized spacial score (nSPS) is 18.3. The molecule has 7 heteroatoms. The van der Waals surface area contributed by atoms with E-state index in [1.165, 1.54) is 5.56 Å². The Morgan fingerprint density at radius 3 is 2.63 bits per heavy atom. The summed E-state index contributed by atoms with van der Waals surface area (Å²) in [6, 6.07) is 14.0. The van der Waals surface area contributed by atoms with Crippen LogP contribution in [0.1, 0.15) is 29.7 Å². The molecule has 2 N–H and O–H groups in total. The molecule has 148 valence electrons. The maximum Gasteiger partial charge on any atom is 0.252 e. The van der Waals surface area contributed by atoms with Gasteiger partial charge in [0.25, 0.3) is 5.91 Å². The Balaban J connectivity index is 0.00000182. The smallest absolute Gasteiger partial charge is 0.252 e. The summed E-state index contributed by atoms with van der Waals surface area (Å²) in [5.41, 5.74) is 8.84. The van der Waals surface area contributed by atoms with E-state index < -0.39 is 6.10 Å². The van der Waals surface area contributed by atoms with Crippen LogP contribution in [0.15, 0.2) is 48.7 Å². The van der Waals surface area contributed by atoms with Crippen LogP contribution in [-0.2, 0) is 22.6 Å². The maximum absolute atomic E-state index is 13.0. The Labute approximate surface area is 173 Å². The number of aromatic nitrogens is 1. The highest BCUT2D eigenvalue weighted by Crippen LogP contribution is 2.22. The van der Waals surface area contributed by atoms with Gasteiger partial charge in [0.05, 0.1) is 18.3 Å². The molecule has 1 aliphatic rings. The second-order valence-corrected chi connectivity index (χ2v) is 6.56. The Morgan fingerprint density at radius 2 is 2.00 bits per heavy atom. The summed E-state index contributed by atoms with van der Waals surface area (Å²) in [5, 5.41) is 0. The van der Waals surface area contributed by atoms with Crippen LogP contribution in [0.3, 0.4) is 0 Å². The molecule has 1 fully saturated rings. The molecule has 2 atom stereocenters. The van der Waals surface area contributed by atoms with Gasteiger partial charge in [-0.25, -0.2) is 0 Å². The molecule has 1 saturated heterocycles. The zero-order valence-electron chi connectivity index (χ0n) is 15.4. The van der Waals surface area contributed by atoms with Gasteiger partial charge in [-0.1, -0.05) is 35.9 Å². The lowest BCUT2D eigenvalue weighted by molar-refractivity contribution is -0.144. The minimum absolute atomic E-state index is 0. The van der Waals surface area contributed by atoms with Gasteiger partial charge in [-0.2, -0.15) is 0 Å². The first-order valence-electron chi connectivity index (χ1n) is 8.75. The molecule has 0 aliphatic carbocycles. The van der Waals surface area contributed by atoms with Gasteiger partial charge in [0.1, 0.15) is 6.10 Å². The molecule has 0 radical (unpaired) electrons. The van der Waals surface area contributed by atoms with E-state index in [2.05, 4.69) is 24.0 Å². The van der Waals surface area contributed by atoms with E-state index in [4.69, 9.17) is 10.5 Å². The third-order valence-corrected chi connectivity index (χ3v) is 4.49. The predicted octanol–water partition coefficient (Wildman–Crippen LogP) is 3.27. The fourth-order valence-corrected chi connectivity index (χ4v) is 3.19. The number of nitrogens with zero attached hydrogens (tertiary/aromatic N) is 2. The largest absolute Gasteiger partial charge is 0.364 e. The van der Waals surface area contributed by atoms with Crippen LogP contribution in [0.2, 0.25) is 0 Å². The monoisotopic (exact) mass is 411 g/mol. The van der Waals surface area contributed by atoms with Gasteiger partial charge < -0.3 is 15.4 Å². The number of pyridine rings is 1. The number of ether oxygens (including phenoxy) is 1. The Kier molecular flexibility index (Phi) is 9.74. The summed E-state index contributed by atoms with van der Waals surface area (Å²) in [5.74, 6) is 0.0168. The molecule has 1 aromatic heterocycles. The Morgan fingerprint density at radius 1 is 1.19 bits per heavy atom. The number of nitrogens with two attached hydrogens (primary N) is 1. The van der Waals surface area contributed by atoms with Gasteiger partial charge in [0.15, 0.2) is 0 Å². The summed E-state index contributed by atoms with van der Waals surface area (Å²) < 4.78 is 5.82. The Hall–Kier alpha value is -1.66. The first-order chi connectivity index (χ1) is 12.2. The lowest BCUT2D eigenvalue weighted by Gasteiger charge is -2.26. The van der Waals surface area contributed by atoms with E-state index in [0.717, 1.165) is 24.1 Å². The molecule has 2 heterocycles. The topological polar surface area (TPSA) is 68.5 Å². The fraction of sp³-hybridized carbons (Fsp3) is 0.400. The fourth-order valence-electron chi connectivity index (χ4n) is 3.19. The molecule has 1 amide bonds. The van der Waals surface area contributed by atoms with Gasteiger partial charge >= 0.3 is 0 Å². The van der Waals surface area contributed by atoms with E-state index in [1.807, 2.05) is 35.2 Å². The molecule has 27 heavy (non-hydrogen) atoms. The highest BCUT2D eigenvalue weighted by molar-refractivity contribution is 5.85. The van der Waals surface area contributed by atoms with Crippen LogP contribution in [0.25, 0.3) is 0 Å². The van der Waals surface area contributed by atoms with E-state index in [-0.39, 0.29) is 36.8 Å². The van der Waals surface area contributed by atoms with Crippen molar-refractivity contribution < 1.29 is 9.53 Å². The summed E-state index contributed by atoms with van der Waals surface area (Å²) >= 11 is 0. The van der Waals surface area contributed by atoms with E-state index in [1.54, 1.807) is 6.20 Å². The van der Waals surface area contributed by atoms with Crippen LogP contribution >= 0.6 is 24.8 Å². The first-order valence-corrected chi connectivity index (χ1v) is 8.75. The summed E-state index contributed by atoms with van der Waals surface area (Å²) in [6.45, 7) is 3.53. The average molecular weight is 412 g/mol. The molecular weight excluding hydrogens is 385 g/mol. The van der Waals surface area contributed by atoms with Gasteiger partial charge in [-0.15, -0.1) is 24.8 Å². The van der Waals surface area contributed by atoms with Crippen molar-refractivity contribution in [3.8, 4) is 0 Å². The van der Waals surface area contributed by atoms with Gasteiger partial charge in [0, 0.05) is 19.3 Å². The third kappa shape index (κ3) is 6.47. The zero-order valence-corrected chi connectivity index (χ0v) is 17.0. The van der Waals surface area contributed by atoms with Crippen molar-refractivity contribution in [2.75, 3.05) is 6.54 Å². The summed E-state index contributed by atoms with van der Waals surface area (Å²) in [4.78, 5) is 19.2. The molecule has 1 aromatic carbocycles. The lowest BCUT2D eigenvalue weighted by atomic mass is 10.1. The molecule has 0 unspecified atom stereocenters. The minimum atomic E-state index is -0.401. The summed E-state index contributed by atoms with van der Waals surface area (Å²) in [6.07, 6.45) is 2.91. The number of aryl methyl sites for hydroxylation is 1. The SMILES string of the molecule is Cc1cccc(CN(Cc2ccccn2)C(=O)[C@@H]2CC[C@H](CN)O2)c1.Cl.Cl. The Bertz CT molecular complexity index is 715. The van der Waals surface area contributed by atoms with Crippen LogP contribution < -0.4 is 5.73 Å². The van der Waals surface area contributed by atoms with E-state index >= 15 is 0 Å². The number of halogens is 2. The van der Waals surface area contributed by atoms with Crippen molar-refractivity contribution in [3.63, 3.8) is 0 Å². The lowest BCUT2D eigenvalue weighted by Crippen LogP contribution is -2.39. The number of benzene rings is 1. The third-order valence-electron chi connectivity index (χ3n) is 4.49. The van der Waals surface area contributed by atoms with Crippen molar-refractivity contribution >= 4 is 30.7 Å². The van der Waals surface area contributed by atoms with Crippen molar-refractivity contribution in [3.05, 3.63) is 65.5 Å². The minimum Gasteiger partial charge on any atom is -0.364 e. The summed E-state index contributed by atoms with van der Waals surface area (Å²) in [7, 11) is 0. The molecule has 2 aromatic rings. The highest BCUT2D eigenvalue weighted by Gasteiger charge is 2.33. The van der Waals surface area contributed by atoms with Crippen molar-refractivity contribution in [1.82, 2.24) is 9.88 Å². The van der Waals surface area contributed by atoms with E-state index in [9.17, 15) is 4.79 Å². The molecule has 5 nitrogen and oxygen atoms in total. The van der Waals surface area contributed by atoms with Crippen LogP contribution in [0.4, 0.5) is 0 Å². The highest BCUT2D eigenvalue weighted by atomic mass is 35.5. The number of carbonyl (C=O) groups excluding carboxylic acids is 1. The average Bonchev–Trinajstić information content (AvgIpc) is 3.11. The molecule has 3 rings (SSSR count). The molecular formula is C20H27Cl2N3O2. The number of hydrogen-bond donors (Lipinski definition) is 1. The second kappa shape index (κ2) is 11.2. The standard InChI is InChI=1S/C20H25N3O2.2ClH/c1-15-5-4-6-16(11-15)13-23(14-17-7-2-3-10-22-17)20(24)19-9-8-18(12-21)25-19;;/h2-7,10-11,18-19H,8-9,12-14,21H2,1H3;2*1H/t18-,19+;;/m1../s1. The molecule has 0 saturated carbocycles. The number of hydrogen-bond acceptors (Lipinski definition) is 4. The number of amides is 1. The predicted molar refractivity (Wildman–Crippen MR) is 111 cm³/mol.